The lowest BCUT2D eigenvalue weighted by Crippen LogP contribution is -2.36. The van der Waals surface area contributed by atoms with Crippen LogP contribution in [-0.2, 0) is 11.3 Å². The van der Waals surface area contributed by atoms with E-state index in [2.05, 4.69) is 20.6 Å². The number of thiophene rings is 1. The van der Waals surface area contributed by atoms with Crippen LogP contribution >= 0.6 is 11.3 Å². The highest BCUT2D eigenvalue weighted by Gasteiger charge is 2.23. The summed E-state index contributed by atoms with van der Waals surface area (Å²) in [6, 6.07) is 17.7. The van der Waals surface area contributed by atoms with Gasteiger partial charge in [0.05, 0.1) is 40.1 Å². The minimum atomic E-state index is -1.36. The number of carbonyl (C=O) groups is 3. The van der Waals surface area contributed by atoms with Gasteiger partial charge in [-0.1, -0.05) is 30.3 Å². The monoisotopic (exact) mass is 558 g/mol. The Morgan fingerprint density at radius 1 is 1.10 bits per heavy atom. The molecule has 0 saturated carbocycles. The van der Waals surface area contributed by atoms with Crippen molar-refractivity contribution in [2.24, 2.45) is 0 Å². The van der Waals surface area contributed by atoms with Crippen LogP contribution in [0.3, 0.4) is 0 Å². The van der Waals surface area contributed by atoms with Crippen LogP contribution in [0.15, 0.2) is 77.7 Å². The highest BCUT2D eigenvalue weighted by molar-refractivity contribution is 7.17. The van der Waals surface area contributed by atoms with Gasteiger partial charge < -0.3 is 24.3 Å². The van der Waals surface area contributed by atoms with E-state index in [1.165, 1.54) is 22.6 Å². The van der Waals surface area contributed by atoms with Crippen LogP contribution in [0.25, 0.3) is 21.7 Å². The molecule has 204 valence electrons. The summed E-state index contributed by atoms with van der Waals surface area (Å²) in [7, 11) is 3.11. The van der Waals surface area contributed by atoms with Gasteiger partial charge >= 0.3 is 0 Å². The van der Waals surface area contributed by atoms with Crippen LogP contribution < -0.4 is 10.6 Å². The van der Waals surface area contributed by atoms with Crippen molar-refractivity contribution in [1.82, 2.24) is 19.4 Å². The Kier molecular flexibility index (Phi) is 7.71. The van der Waals surface area contributed by atoms with Gasteiger partial charge in [-0.2, -0.15) is 0 Å². The first-order chi connectivity index (χ1) is 19.3. The van der Waals surface area contributed by atoms with Crippen molar-refractivity contribution in [3.63, 3.8) is 0 Å². The molecular weight excluding hydrogens is 532 g/mol. The molecule has 0 radical (unpaired) electrons. The van der Waals surface area contributed by atoms with Crippen molar-refractivity contribution in [1.29, 1.82) is 0 Å². The normalized spacial score (nSPS) is 11.8. The van der Waals surface area contributed by atoms with Gasteiger partial charge in [-0.25, -0.2) is 9.97 Å². The Morgan fingerprint density at radius 2 is 1.90 bits per heavy atom. The van der Waals surface area contributed by atoms with Crippen molar-refractivity contribution >= 4 is 51.6 Å². The van der Waals surface area contributed by atoms with Crippen molar-refractivity contribution < 1.29 is 23.9 Å². The highest BCUT2D eigenvalue weighted by atomic mass is 32.1. The van der Waals surface area contributed by atoms with Gasteiger partial charge in [-0.3, -0.25) is 19.7 Å². The molecule has 3 aromatic heterocycles. The van der Waals surface area contributed by atoms with E-state index < -0.39 is 17.9 Å². The molecule has 0 aliphatic rings. The second kappa shape index (κ2) is 11.5. The number of aliphatic hydroxyl groups excluding tert-OH is 1. The van der Waals surface area contributed by atoms with E-state index in [0.29, 0.717) is 32.9 Å². The molecule has 5 rings (SSSR count). The second-order valence-corrected chi connectivity index (χ2v) is 10.2. The highest BCUT2D eigenvalue weighted by Crippen LogP contribution is 2.29. The lowest BCUT2D eigenvalue weighted by molar-refractivity contribution is -0.138. The summed E-state index contributed by atoms with van der Waals surface area (Å²) in [6.07, 6.45) is 1.52. The average molecular weight is 559 g/mol. The topological polar surface area (TPSA) is 143 Å². The molecule has 40 heavy (non-hydrogen) atoms. The Balaban J connectivity index is 1.41. The standard InChI is InChI=1S/C28H26N6O5S/c1-33(2)27(38)22(36)15-34-20-9-8-18(30-13-21(35)17-6-4-3-5-7-17)12-19(20)31-28(34)32-26(37)25-11-10-24(40-25)23-14-29-16-39-23/h3-12,14,16,22,30,36H,13,15H2,1-2H3,(H,31,32,37). The number of hydrogen-bond acceptors (Lipinski definition) is 9. The minimum Gasteiger partial charge on any atom is -0.443 e. The van der Waals surface area contributed by atoms with Gasteiger partial charge in [-0.05, 0) is 30.3 Å². The first kappa shape index (κ1) is 26.8. The molecule has 1 atom stereocenters. The molecule has 0 aliphatic heterocycles. The first-order valence-corrected chi connectivity index (χ1v) is 13.1. The summed E-state index contributed by atoms with van der Waals surface area (Å²) in [5.41, 5.74) is 2.35. The Labute approximate surface area is 233 Å². The first-order valence-electron chi connectivity index (χ1n) is 12.3. The summed E-state index contributed by atoms with van der Waals surface area (Å²) in [6.45, 7) is -0.0437. The van der Waals surface area contributed by atoms with Crippen molar-refractivity contribution in [3.8, 4) is 10.6 Å². The van der Waals surface area contributed by atoms with Crippen LogP contribution in [0.4, 0.5) is 11.6 Å². The van der Waals surface area contributed by atoms with E-state index in [0.717, 1.165) is 4.88 Å². The number of carbonyl (C=O) groups excluding carboxylic acids is 3. The predicted molar refractivity (Wildman–Crippen MR) is 151 cm³/mol. The summed E-state index contributed by atoms with van der Waals surface area (Å²) < 4.78 is 6.89. The number of likely N-dealkylation sites (N-methyl/N-ethyl adjacent to an activating group) is 1. The lowest BCUT2D eigenvalue weighted by Gasteiger charge is -2.18. The molecule has 0 aliphatic carbocycles. The fraction of sp³-hybridized carbons (Fsp3) is 0.179. The Bertz CT molecular complexity index is 1660. The van der Waals surface area contributed by atoms with Crippen LogP contribution in [0, 0.1) is 0 Å². The number of fused-ring (bicyclic) bond motifs is 1. The van der Waals surface area contributed by atoms with E-state index in [4.69, 9.17) is 4.42 Å². The second-order valence-electron chi connectivity index (χ2n) is 9.12. The Morgan fingerprint density at radius 3 is 2.62 bits per heavy atom. The number of hydrogen-bond donors (Lipinski definition) is 3. The molecule has 0 saturated heterocycles. The molecule has 2 aromatic carbocycles. The molecule has 1 unspecified atom stereocenters. The number of aromatic nitrogens is 3. The zero-order chi connectivity index (χ0) is 28.2. The zero-order valence-electron chi connectivity index (χ0n) is 21.7. The van der Waals surface area contributed by atoms with Gasteiger partial charge in [0.25, 0.3) is 11.8 Å². The number of benzene rings is 2. The van der Waals surface area contributed by atoms with Gasteiger partial charge in [0.1, 0.15) is 0 Å². The fourth-order valence-electron chi connectivity index (χ4n) is 4.07. The van der Waals surface area contributed by atoms with Gasteiger partial charge in [0.15, 0.2) is 24.0 Å². The maximum absolute atomic E-state index is 13.1. The van der Waals surface area contributed by atoms with E-state index in [-0.39, 0.29) is 24.8 Å². The number of nitrogens with one attached hydrogen (secondary N) is 2. The zero-order valence-corrected chi connectivity index (χ0v) is 22.5. The van der Waals surface area contributed by atoms with E-state index in [9.17, 15) is 19.5 Å². The number of ketones is 1. The number of rotatable bonds is 10. The third kappa shape index (κ3) is 5.77. The van der Waals surface area contributed by atoms with E-state index in [1.807, 2.05) is 18.2 Å². The SMILES string of the molecule is CN(C)C(=O)C(O)Cn1c(NC(=O)c2ccc(-c3cnco3)s2)nc2cc(NCC(=O)c3ccccc3)ccc21. The van der Waals surface area contributed by atoms with E-state index >= 15 is 0 Å². The number of imidazole rings is 1. The summed E-state index contributed by atoms with van der Waals surface area (Å²) in [5, 5.41) is 16.5. The molecule has 12 heteroatoms. The number of anilines is 2. The van der Waals surface area contributed by atoms with Crippen LogP contribution in [-0.4, -0.2) is 68.9 Å². The quantitative estimate of drug-likeness (QED) is 0.220. The van der Waals surface area contributed by atoms with E-state index in [1.54, 1.807) is 67.3 Å². The third-order valence-electron chi connectivity index (χ3n) is 6.11. The van der Waals surface area contributed by atoms with Gasteiger partial charge in [0.2, 0.25) is 5.95 Å². The van der Waals surface area contributed by atoms with Crippen LogP contribution in [0.2, 0.25) is 0 Å². The number of aliphatic hydroxyl groups is 1. The largest absolute Gasteiger partial charge is 0.443 e. The average Bonchev–Trinajstić information content (AvgIpc) is 3.72. The predicted octanol–water partition coefficient (Wildman–Crippen LogP) is 3.75. The molecule has 3 N–H and O–H groups in total. The van der Waals surface area contributed by atoms with Gasteiger partial charge in [0, 0.05) is 25.3 Å². The van der Waals surface area contributed by atoms with Crippen LogP contribution in [0.5, 0.6) is 0 Å². The maximum atomic E-state index is 13.1. The number of oxazole rings is 1. The smallest absolute Gasteiger partial charge is 0.268 e. The molecule has 11 nitrogen and oxygen atoms in total. The molecule has 5 aromatic rings. The number of nitrogens with zero attached hydrogens (tertiary/aromatic N) is 4. The molecular formula is C28H26N6O5S. The fourth-order valence-corrected chi connectivity index (χ4v) is 4.92. The van der Waals surface area contributed by atoms with Crippen molar-refractivity contribution in [3.05, 3.63) is 83.7 Å². The third-order valence-corrected chi connectivity index (χ3v) is 7.21. The summed E-state index contributed by atoms with van der Waals surface area (Å²) >= 11 is 1.23. The summed E-state index contributed by atoms with van der Waals surface area (Å²) in [4.78, 5) is 49.0. The molecule has 0 bridgehead atoms. The lowest BCUT2D eigenvalue weighted by atomic mass is 10.1. The Hall–Kier alpha value is -4.81. The van der Waals surface area contributed by atoms with Gasteiger partial charge in [-0.15, -0.1) is 11.3 Å². The molecule has 3 heterocycles. The molecule has 0 fully saturated rings. The molecule has 0 spiro atoms. The van der Waals surface area contributed by atoms with Crippen LogP contribution in [0.1, 0.15) is 20.0 Å². The number of Topliss-reactive ketones (excluding diaryl/α,β-unsaturated/α-hetero) is 1. The van der Waals surface area contributed by atoms with Crippen molar-refractivity contribution in [2.45, 2.75) is 12.6 Å². The molecule has 2 amide bonds. The van der Waals surface area contributed by atoms with Crippen molar-refractivity contribution in [2.75, 3.05) is 31.3 Å². The number of amides is 2. The maximum Gasteiger partial charge on any atom is 0.268 e. The summed E-state index contributed by atoms with van der Waals surface area (Å²) in [5.74, 6) is -0.241. The minimum absolute atomic E-state index is 0.0647.